The van der Waals surface area contributed by atoms with Crippen LogP contribution in [0.2, 0.25) is 0 Å². The Hall–Kier alpha value is -2.59. The molecule has 3 aromatic rings. The molecule has 1 aliphatic heterocycles. The molecule has 1 fully saturated rings. The minimum Gasteiger partial charge on any atom is -0.351 e. The number of benzene rings is 2. The predicted octanol–water partition coefficient (Wildman–Crippen LogP) is 3.95. The van der Waals surface area contributed by atoms with Crippen LogP contribution in [0.15, 0.2) is 54.7 Å². The van der Waals surface area contributed by atoms with Gasteiger partial charge >= 0.3 is 0 Å². The molecule has 4 heteroatoms. The van der Waals surface area contributed by atoms with Crippen molar-refractivity contribution in [1.82, 2.24) is 14.8 Å². The summed E-state index contributed by atoms with van der Waals surface area (Å²) < 4.78 is 2.15. The van der Waals surface area contributed by atoms with Gasteiger partial charge in [0.15, 0.2) is 0 Å². The molecule has 27 heavy (non-hydrogen) atoms. The monoisotopic (exact) mass is 361 g/mol. The van der Waals surface area contributed by atoms with Gasteiger partial charge in [-0.2, -0.15) is 0 Å². The van der Waals surface area contributed by atoms with E-state index in [2.05, 4.69) is 83.5 Å². The van der Waals surface area contributed by atoms with Crippen LogP contribution in [0, 0.1) is 0 Å². The maximum Gasteiger partial charge on any atom is 0.217 e. The molecular formula is C23H27N3O. The van der Waals surface area contributed by atoms with Crippen LogP contribution in [-0.2, 0) is 18.4 Å². The number of nitrogens with zero attached hydrogens (tertiary/aromatic N) is 2. The summed E-state index contributed by atoms with van der Waals surface area (Å²) in [6.07, 6.45) is 3.10. The van der Waals surface area contributed by atoms with Gasteiger partial charge in [0.25, 0.3) is 0 Å². The van der Waals surface area contributed by atoms with Crippen LogP contribution >= 0.6 is 0 Å². The summed E-state index contributed by atoms with van der Waals surface area (Å²) in [6.45, 7) is 6.58. The van der Waals surface area contributed by atoms with Crippen LogP contribution < -0.4 is 5.32 Å². The Bertz CT molecular complexity index is 973. The number of carbonyl (C=O) groups is 1. The van der Waals surface area contributed by atoms with Gasteiger partial charge < -0.3 is 9.88 Å². The number of fused-ring (bicyclic) bond motifs is 1. The topological polar surface area (TPSA) is 37.3 Å². The van der Waals surface area contributed by atoms with Gasteiger partial charge in [-0.15, -0.1) is 0 Å². The summed E-state index contributed by atoms with van der Waals surface area (Å²) >= 11 is 0. The molecule has 4 rings (SSSR count). The first kappa shape index (κ1) is 17.8. The molecule has 140 valence electrons. The van der Waals surface area contributed by atoms with Crippen molar-refractivity contribution in [3.8, 4) is 11.1 Å². The molecule has 1 aliphatic rings. The third-order valence-electron chi connectivity index (χ3n) is 5.61. The molecule has 0 saturated carbocycles. The van der Waals surface area contributed by atoms with Crippen molar-refractivity contribution in [2.75, 3.05) is 13.1 Å². The standard InChI is InChI=1S/C23H27N3O/c1-17(27)24-23(2)11-13-26(16-23)15-18-4-6-19(7-5-18)20-8-9-22-21(14-20)10-12-25(22)3/h4-10,12,14H,11,13,15-16H2,1-3H3,(H,24,27). The Labute approximate surface area is 160 Å². The smallest absolute Gasteiger partial charge is 0.217 e. The highest BCUT2D eigenvalue weighted by Gasteiger charge is 2.34. The summed E-state index contributed by atoms with van der Waals surface area (Å²) in [5.74, 6) is 0.0547. The van der Waals surface area contributed by atoms with Crippen molar-refractivity contribution < 1.29 is 4.79 Å². The fourth-order valence-electron chi connectivity index (χ4n) is 4.24. The van der Waals surface area contributed by atoms with Crippen molar-refractivity contribution in [3.63, 3.8) is 0 Å². The van der Waals surface area contributed by atoms with E-state index >= 15 is 0 Å². The Kier molecular flexibility index (Phi) is 4.52. The maximum atomic E-state index is 11.4. The molecule has 1 aromatic heterocycles. The van der Waals surface area contributed by atoms with Gasteiger partial charge in [0.1, 0.15) is 0 Å². The molecule has 1 amide bonds. The first-order chi connectivity index (χ1) is 12.9. The lowest BCUT2D eigenvalue weighted by atomic mass is 10.0. The van der Waals surface area contributed by atoms with Gasteiger partial charge in [0.2, 0.25) is 5.91 Å². The Morgan fingerprint density at radius 2 is 1.85 bits per heavy atom. The summed E-state index contributed by atoms with van der Waals surface area (Å²) in [5.41, 5.74) is 4.96. The van der Waals surface area contributed by atoms with E-state index in [0.29, 0.717) is 0 Å². The molecule has 2 heterocycles. The number of nitrogens with one attached hydrogen (secondary N) is 1. The van der Waals surface area contributed by atoms with E-state index in [1.54, 1.807) is 6.92 Å². The first-order valence-corrected chi connectivity index (χ1v) is 9.57. The highest BCUT2D eigenvalue weighted by atomic mass is 16.1. The quantitative estimate of drug-likeness (QED) is 0.764. The largest absolute Gasteiger partial charge is 0.351 e. The molecule has 1 atom stereocenters. The average molecular weight is 361 g/mol. The van der Waals surface area contributed by atoms with Crippen molar-refractivity contribution in [2.24, 2.45) is 7.05 Å². The molecule has 4 nitrogen and oxygen atoms in total. The summed E-state index contributed by atoms with van der Waals surface area (Å²) in [5, 5.41) is 4.37. The molecule has 0 radical (unpaired) electrons. The lowest BCUT2D eigenvalue weighted by molar-refractivity contribution is -0.120. The molecule has 1 N–H and O–H groups in total. The normalized spacial score (nSPS) is 20.3. The second-order valence-electron chi connectivity index (χ2n) is 8.10. The molecule has 1 saturated heterocycles. The minimum absolute atomic E-state index is 0.0547. The lowest BCUT2D eigenvalue weighted by Gasteiger charge is -2.25. The summed E-state index contributed by atoms with van der Waals surface area (Å²) in [7, 11) is 2.08. The Balaban J connectivity index is 1.45. The van der Waals surface area contributed by atoms with Crippen LogP contribution in [0.25, 0.3) is 22.0 Å². The molecule has 0 spiro atoms. The third-order valence-corrected chi connectivity index (χ3v) is 5.61. The number of aryl methyl sites for hydroxylation is 1. The molecule has 1 unspecified atom stereocenters. The number of amides is 1. The van der Waals surface area contributed by atoms with Crippen LogP contribution in [0.1, 0.15) is 25.8 Å². The van der Waals surface area contributed by atoms with E-state index in [4.69, 9.17) is 0 Å². The second-order valence-corrected chi connectivity index (χ2v) is 8.10. The highest BCUT2D eigenvalue weighted by Crippen LogP contribution is 2.26. The van der Waals surface area contributed by atoms with Crippen molar-refractivity contribution in [2.45, 2.75) is 32.4 Å². The molecule has 0 aliphatic carbocycles. The number of carbonyl (C=O) groups excluding carboxylic acids is 1. The fourth-order valence-corrected chi connectivity index (χ4v) is 4.24. The fraction of sp³-hybridized carbons (Fsp3) is 0.348. The average Bonchev–Trinajstić information content (AvgIpc) is 3.17. The van der Waals surface area contributed by atoms with Gasteiger partial charge in [-0.25, -0.2) is 0 Å². The SMILES string of the molecule is CC(=O)NC1(C)CCN(Cc2ccc(-c3ccc4c(ccn4C)c3)cc2)C1. The van der Waals surface area contributed by atoms with Crippen molar-refractivity contribution >= 4 is 16.8 Å². The van der Waals surface area contributed by atoms with Crippen LogP contribution in [0.4, 0.5) is 0 Å². The first-order valence-electron chi connectivity index (χ1n) is 9.57. The van der Waals surface area contributed by atoms with Gasteiger partial charge in [0, 0.05) is 50.7 Å². The highest BCUT2D eigenvalue weighted by molar-refractivity contribution is 5.85. The Morgan fingerprint density at radius 1 is 1.11 bits per heavy atom. The van der Waals surface area contributed by atoms with E-state index in [1.807, 2.05) is 0 Å². The molecule has 2 aromatic carbocycles. The number of likely N-dealkylation sites (tertiary alicyclic amines) is 1. The number of aromatic nitrogens is 1. The van der Waals surface area contributed by atoms with Crippen LogP contribution in [0.3, 0.4) is 0 Å². The number of rotatable bonds is 4. The maximum absolute atomic E-state index is 11.4. The van der Waals surface area contributed by atoms with Gasteiger partial charge in [-0.1, -0.05) is 30.3 Å². The van der Waals surface area contributed by atoms with Crippen LogP contribution in [-0.4, -0.2) is 34.0 Å². The zero-order chi connectivity index (χ0) is 19.0. The van der Waals surface area contributed by atoms with Crippen LogP contribution in [0.5, 0.6) is 0 Å². The van der Waals surface area contributed by atoms with Gasteiger partial charge in [-0.05, 0) is 48.2 Å². The van der Waals surface area contributed by atoms with Gasteiger partial charge in [-0.3, -0.25) is 9.69 Å². The molecule has 0 bridgehead atoms. The van der Waals surface area contributed by atoms with E-state index in [9.17, 15) is 4.79 Å². The number of hydrogen-bond donors (Lipinski definition) is 1. The second kappa shape index (κ2) is 6.86. The Morgan fingerprint density at radius 3 is 2.59 bits per heavy atom. The minimum atomic E-state index is -0.100. The van der Waals surface area contributed by atoms with E-state index in [-0.39, 0.29) is 11.4 Å². The number of hydrogen-bond acceptors (Lipinski definition) is 2. The predicted molar refractivity (Wildman–Crippen MR) is 110 cm³/mol. The van der Waals surface area contributed by atoms with Crippen molar-refractivity contribution in [3.05, 3.63) is 60.3 Å². The summed E-state index contributed by atoms with van der Waals surface area (Å²) in [4.78, 5) is 13.8. The van der Waals surface area contributed by atoms with Gasteiger partial charge in [0.05, 0.1) is 5.54 Å². The summed E-state index contributed by atoms with van der Waals surface area (Å²) in [6, 6.07) is 17.7. The van der Waals surface area contributed by atoms with E-state index < -0.39 is 0 Å². The van der Waals surface area contributed by atoms with E-state index in [0.717, 1.165) is 26.1 Å². The van der Waals surface area contributed by atoms with Crippen molar-refractivity contribution in [1.29, 1.82) is 0 Å². The third kappa shape index (κ3) is 3.76. The zero-order valence-corrected chi connectivity index (χ0v) is 16.3. The molecular weight excluding hydrogens is 334 g/mol. The van der Waals surface area contributed by atoms with E-state index in [1.165, 1.54) is 27.6 Å². The zero-order valence-electron chi connectivity index (χ0n) is 16.3. The lowest BCUT2D eigenvalue weighted by Crippen LogP contribution is -2.46.